The maximum atomic E-state index is 9.52. The minimum Gasteiger partial charge on any atom is -0.228 e. The summed E-state index contributed by atoms with van der Waals surface area (Å²) in [5.41, 5.74) is 14.9. The molecule has 0 saturated carbocycles. The SMILES string of the molecule is CC1(C)c2ccc(C#N)cc2-c2ccc(-c3cccc(-c4cc(-c5ccc(-c6ccccc6)cc5)nc(-c5ccccc5)n4)c3)cc21. The van der Waals surface area contributed by atoms with Crippen LogP contribution in [0.15, 0.2) is 152 Å². The van der Waals surface area contributed by atoms with Crippen LogP contribution in [0.4, 0.5) is 0 Å². The molecule has 7 aromatic rings. The molecule has 222 valence electrons. The number of aromatic nitrogens is 2. The third-order valence-corrected chi connectivity index (χ3v) is 9.34. The molecule has 1 aliphatic rings. The van der Waals surface area contributed by atoms with Crippen molar-refractivity contribution in [2.24, 2.45) is 0 Å². The molecule has 0 N–H and O–H groups in total. The first kappa shape index (κ1) is 28.4. The Morgan fingerprint density at radius 3 is 1.74 bits per heavy atom. The average molecular weight is 602 g/mol. The molecule has 0 saturated heterocycles. The highest BCUT2D eigenvalue weighted by Crippen LogP contribution is 2.50. The molecule has 0 radical (unpaired) electrons. The molecular weight excluding hydrogens is 571 g/mol. The molecule has 0 aliphatic heterocycles. The van der Waals surface area contributed by atoms with Crippen LogP contribution >= 0.6 is 0 Å². The van der Waals surface area contributed by atoms with Gasteiger partial charge in [0.1, 0.15) is 0 Å². The van der Waals surface area contributed by atoms with Crippen LogP contribution in [0.25, 0.3) is 67.3 Å². The molecule has 3 heteroatoms. The maximum Gasteiger partial charge on any atom is 0.160 e. The lowest BCUT2D eigenvalue weighted by Crippen LogP contribution is -2.15. The van der Waals surface area contributed by atoms with Crippen molar-refractivity contribution in [3.05, 3.63) is 168 Å². The van der Waals surface area contributed by atoms with Crippen molar-refractivity contribution >= 4 is 0 Å². The zero-order chi connectivity index (χ0) is 32.0. The third-order valence-electron chi connectivity index (χ3n) is 9.34. The van der Waals surface area contributed by atoms with E-state index >= 15 is 0 Å². The van der Waals surface area contributed by atoms with E-state index in [2.05, 4.69) is 135 Å². The fourth-order valence-corrected chi connectivity index (χ4v) is 6.78. The monoisotopic (exact) mass is 601 g/mol. The second-order valence-corrected chi connectivity index (χ2v) is 12.6. The van der Waals surface area contributed by atoms with Crippen molar-refractivity contribution in [1.82, 2.24) is 9.97 Å². The topological polar surface area (TPSA) is 49.6 Å². The summed E-state index contributed by atoms with van der Waals surface area (Å²) in [6, 6.07) is 55.0. The Morgan fingerprint density at radius 2 is 1.02 bits per heavy atom. The summed E-state index contributed by atoms with van der Waals surface area (Å²) in [7, 11) is 0. The fraction of sp³-hybridized carbons (Fsp3) is 0.0682. The molecular formula is C44H31N3. The number of hydrogen-bond donors (Lipinski definition) is 0. The highest BCUT2D eigenvalue weighted by molar-refractivity contribution is 5.85. The second kappa shape index (κ2) is 11.4. The van der Waals surface area contributed by atoms with Gasteiger partial charge in [-0.25, -0.2) is 9.97 Å². The molecule has 6 aromatic carbocycles. The van der Waals surface area contributed by atoms with Crippen LogP contribution in [-0.4, -0.2) is 9.97 Å². The van der Waals surface area contributed by atoms with Crippen LogP contribution in [0.5, 0.6) is 0 Å². The van der Waals surface area contributed by atoms with E-state index in [4.69, 9.17) is 9.97 Å². The normalized spacial score (nSPS) is 12.6. The van der Waals surface area contributed by atoms with E-state index in [1.165, 1.54) is 27.8 Å². The summed E-state index contributed by atoms with van der Waals surface area (Å²) in [6.07, 6.45) is 0. The van der Waals surface area contributed by atoms with Crippen molar-refractivity contribution < 1.29 is 0 Å². The van der Waals surface area contributed by atoms with Gasteiger partial charge >= 0.3 is 0 Å². The molecule has 1 heterocycles. The van der Waals surface area contributed by atoms with Gasteiger partial charge in [0, 0.05) is 22.1 Å². The molecule has 0 bridgehead atoms. The highest BCUT2D eigenvalue weighted by atomic mass is 14.9. The lowest BCUT2D eigenvalue weighted by molar-refractivity contribution is 0.660. The Bertz CT molecular complexity index is 2310. The number of fused-ring (bicyclic) bond motifs is 3. The smallest absolute Gasteiger partial charge is 0.160 e. The summed E-state index contributed by atoms with van der Waals surface area (Å²) >= 11 is 0. The van der Waals surface area contributed by atoms with E-state index in [1.54, 1.807) is 0 Å². The predicted octanol–water partition coefficient (Wildman–Crippen LogP) is 11.0. The van der Waals surface area contributed by atoms with Crippen molar-refractivity contribution in [3.63, 3.8) is 0 Å². The number of nitrogens with zero attached hydrogens (tertiary/aromatic N) is 3. The minimum atomic E-state index is -0.158. The minimum absolute atomic E-state index is 0.158. The van der Waals surface area contributed by atoms with Gasteiger partial charge < -0.3 is 0 Å². The summed E-state index contributed by atoms with van der Waals surface area (Å²) in [4.78, 5) is 10.1. The van der Waals surface area contributed by atoms with E-state index in [-0.39, 0.29) is 5.41 Å². The number of benzene rings is 6. The molecule has 1 aromatic heterocycles. The first-order chi connectivity index (χ1) is 23.0. The first-order valence-electron chi connectivity index (χ1n) is 15.9. The van der Waals surface area contributed by atoms with Crippen LogP contribution in [0.2, 0.25) is 0 Å². The first-order valence-corrected chi connectivity index (χ1v) is 15.9. The summed E-state index contributed by atoms with van der Waals surface area (Å²) in [6.45, 7) is 4.54. The van der Waals surface area contributed by atoms with Gasteiger partial charge in [-0.05, 0) is 74.8 Å². The van der Waals surface area contributed by atoms with Crippen LogP contribution in [0.1, 0.15) is 30.5 Å². The molecule has 1 aliphatic carbocycles. The van der Waals surface area contributed by atoms with Gasteiger partial charge in [-0.15, -0.1) is 0 Å². The number of rotatable bonds is 5. The molecule has 0 atom stereocenters. The molecule has 0 fully saturated rings. The van der Waals surface area contributed by atoms with E-state index in [0.717, 1.165) is 44.8 Å². The fourth-order valence-electron chi connectivity index (χ4n) is 6.78. The summed E-state index contributed by atoms with van der Waals surface area (Å²) in [5.74, 6) is 0.699. The molecule has 0 amide bonds. The zero-order valence-electron chi connectivity index (χ0n) is 26.3. The Balaban J connectivity index is 1.20. The Labute approximate surface area is 275 Å². The molecule has 8 rings (SSSR count). The van der Waals surface area contributed by atoms with Crippen LogP contribution in [0.3, 0.4) is 0 Å². The summed E-state index contributed by atoms with van der Waals surface area (Å²) < 4.78 is 0. The second-order valence-electron chi connectivity index (χ2n) is 12.6. The average Bonchev–Trinajstić information content (AvgIpc) is 3.37. The molecule has 47 heavy (non-hydrogen) atoms. The Hall–Kier alpha value is -6.11. The summed E-state index contributed by atoms with van der Waals surface area (Å²) in [5, 5.41) is 9.52. The molecule has 3 nitrogen and oxygen atoms in total. The van der Waals surface area contributed by atoms with Crippen LogP contribution in [0, 0.1) is 11.3 Å². The van der Waals surface area contributed by atoms with Crippen molar-refractivity contribution in [3.8, 4) is 73.4 Å². The quantitative estimate of drug-likeness (QED) is 0.197. The van der Waals surface area contributed by atoms with Crippen LogP contribution < -0.4 is 0 Å². The van der Waals surface area contributed by atoms with Gasteiger partial charge in [-0.2, -0.15) is 5.26 Å². The van der Waals surface area contributed by atoms with Crippen molar-refractivity contribution in [2.75, 3.05) is 0 Å². The molecule has 0 spiro atoms. The van der Waals surface area contributed by atoms with Gasteiger partial charge in [-0.3, -0.25) is 0 Å². The third kappa shape index (κ3) is 5.11. The van der Waals surface area contributed by atoms with E-state index in [1.807, 2.05) is 36.4 Å². The van der Waals surface area contributed by atoms with E-state index < -0.39 is 0 Å². The zero-order valence-corrected chi connectivity index (χ0v) is 26.3. The lowest BCUT2D eigenvalue weighted by atomic mass is 9.81. The maximum absolute atomic E-state index is 9.52. The standard InChI is InChI=1S/C44H31N3/c1-44(2)39-23-16-29(28-45)24-38(39)37-22-21-35(26-40(37)44)34-14-9-15-36(25-34)42-27-41(46-43(47-42)33-12-7-4-8-13-33)32-19-17-31(18-20-32)30-10-5-3-6-11-30/h3-27H,1-2H3. The number of nitriles is 1. The van der Waals surface area contributed by atoms with Gasteiger partial charge in [-0.1, -0.05) is 135 Å². The van der Waals surface area contributed by atoms with Gasteiger partial charge in [0.05, 0.1) is 23.0 Å². The predicted molar refractivity (Wildman–Crippen MR) is 191 cm³/mol. The number of hydrogen-bond acceptors (Lipinski definition) is 3. The van der Waals surface area contributed by atoms with Gasteiger partial charge in [0.2, 0.25) is 0 Å². The van der Waals surface area contributed by atoms with Gasteiger partial charge in [0.25, 0.3) is 0 Å². The lowest BCUT2D eigenvalue weighted by Gasteiger charge is -2.22. The highest BCUT2D eigenvalue weighted by Gasteiger charge is 2.35. The largest absolute Gasteiger partial charge is 0.228 e. The Kier molecular flexibility index (Phi) is 6.85. The van der Waals surface area contributed by atoms with E-state index in [9.17, 15) is 5.26 Å². The van der Waals surface area contributed by atoms with Gasteiger partial charge in [0.15, 0.2) is 5.82 Å². The Morgan fingerprint density at radius 1 is 0.447 bits per heavy atom. The van der Waals surface area contributed by atoms with Crippen LogP contribution in [-0.2, 0) is 5.41 Å². The van der Waals surface area contributed by atoms with Crippen molar-refractivity contribution in [2.45, 2.75) is 19.3 Å². The van der Waals surface area contributed by atoms with E-state index in [0.29, 0.717) is 11.4 Å². The molecule has 0 unspecified atom stereocenters. The van der Waals surface area contributed by atoms with Crippen molar-refractivity contribution in [1.29, 1.82) is 5.26 Å².